The second-order valence-electron chi connectivity index (χ2n) is 9.47. The largest absolute Gasteiger partial charge is 0.390 e. The molecule has 2 aromatic carbocycles. The number of amides is 1. The van der Waals surface area contributed by atoms with Crippen LogP contribution in [0.5, 0.6) is 0 Å². The Balaban J connectivity index is 1.82. The van der Waals surface area contributed by atoms with Crippen LogP contribution in [-0.2, 0) is 17.8 Å². The molecule has 3 rings (SSSR count). The summed E-state index contributed by atoms with van der Waals surface area (Å²) in [7, 11) is 0. The molecule has 155 valence electrons. The van der Waals surface area contributed by atoms with Gasteiger partial charge in [-0.2, -0.15) is 0 Å². The SMILES string of the molecule is CC(C)(C)[C](Cc1ccccc1)C(O)C1NC(C)(C)N(Cc2ccccc2)C1=O. The van der Waals surface area contributed by atoms with E-state index in [2.05, 4.69) is 38.2 Å². The first-order chi connectivity index (χ1) is 13.6. The summed E-state index contributed by atoms with van der Waals surface area (Å²) in [6.07, 6.45) is -0.210. The molecule has 2 unspecified atom stereocenters. The number of rotatable bonds is 6. The zero-order valence-electron chi connectivity index (χ0n) is 18.1. The molecule has 1 amide bonds. The molecule has 2 aromatic rings. The Hall–Kier alpha value is -2.17. The number of carbonyl (C=O) groups is 1. The third kappa shape index (κ3) is 4.88. The number of hydrogen-bond acceptors (Lipinski definition) is 3. The van der Waals surface area contributed by atoms with E-state index in [1.165, 1.54) is 0 Å². The standard InChI is InChI=1S/C25H33N2O2/c1-24(2,3)20(16-18-12-8-6-9-13-18)22(28)21-23(29)27(25(4,5)26-21)17-19-14-10-7-11-15-19/h6-15,21-22,26,28H,16-17H2,1-5H3. The minimum absolute atomic E-state index is 0.0545. The second kappa shape index (κ2) is 8.29. The lowest BCUT2D eigenvalue weighted by molar-refractivity contribution is -0.133. The lowest BCUT2D eigenvalue weighted by Gasteiger charge is -2.36. The maximum Gasteiger partial charge on any atom is 0.244 e. The molecule has 0 saturated carbocycles. The highest BCUT2D eigenvalue weighted by Gasteiger charge is 2.50. The van der Waals surface area contributed by atoms with Crippen molar-refractivity contribution in [2.24, 2.45) is 5.41 Å². The number of carbonyl (C=O) groups excluding carboxylic acids is 1. The van der Waals surface area contributed by atoms with Crippen molar-refractivity contribution >= 4 is 5.91 Å². The van der Waals surface area contributed by atoms with E-state index in [9.17, 15) is 9.90 Å². The van der Waals surface area contributed by atoms with Crippen LogP contribution in [0.3, 0.4) is 0 Å². The van der Waals surface area contributed by atoms with E-state index >= 15 is 0 Å². The lowest BCUT2D eigenvalue weighted by Crippen LogP contribution is -2.50. The molecule has 1 aliphatic heterocycles. The summed E-state index contributed by atoms with van der Waals surface area (Å²) in [5.74, 6) is 0.910. The molecule has 2 N–H and O–H groups in total. The van der Waals surface area contributed by atoms with Crippen LogP contribution in [0.25, 0.3) is 0 Å². The van der Waals surface area contributed by atoms with E-state index < -0.39 is 17.8 Å². The van der Waals surface area contributed by atoms with E-state index in [4.69, 9.17) is 0 Å². The second-order valence-corrected chi connectivity index (χ2v) is 9.47. The molecule has 4 nitrogen and oxygen atoms in total. The number of benzene rings is 2. The highest BCUT2D eigenvalue weighted by molar-refractivity contribution is 5.86. The number of nitrogens with one attached hydrogen (secondary N) is 1. The van der Waals surface area contributed by atoms with Gasteiger partial charge in [-0.1, -0.05) is 81.4 Å². The third-order valence-corrected chi connectivity index (χ3v) is 5.77. The van der Waals surface area contributed by atoms with Gasteiger partial charge in [0, 0.05) is 12.5 Å². The molecule has 1 radical (unpaired) electrons. The van der Waals surface area contributed by atoms with E-state index in [0.717, 1.165) is 17.0 Å². The monoisotopic (exact) mass is 393 g/mol. The minimum Gasteiger partial charge on any atom is -0.390 e. The van der Waals surface area contributed by atoms with Gasteiger partial charge < -0.3 is 10.0 Å². The van der Waals surface area contributed by atoms with Crippen molar-refractivity contribution in [1.82, 2.24) is 10.2 Å². The first kappa shape index (κ1) is 21.5. The van der Waals surface area contributed by atoms with Gasteiger partial charge in [-0.05, 0) is 36.8 Å². The maximum atomic E-state index is 13.3. The van der Waals surface area contributed by atoms with Gasteiger partial charge in [-0.3, -0.25) is 10.1 Å². The van der Waals surface area contributed by atoms with Gasteiger partial charge in [0.25, 0.3) is 0 Å². The molecule has 1 heterocycles. The molecule has 29 heavy (non-hydrogen) atoms. The van der Waals surface area contributed by atoms with Crippen LogP contribution in [0.2, 0.25) is 0 Å². The average Bonchev–Trinajstić information content (AvgIpc) is 2.90. The topological polar surface area (TPSA) is 52.6 Å². The Morgan fingerprint density at radius 3 is 2.07 bits per heavy atom. The first-order valence-electron chi connectivity index (χ1n) is 10.3. The third-order valence-electron chi connectivity index (χ3n) is 5.77. The predicted molar refractivity (Wildman–Crippen MR) is 117 cm³/mol. The minimum atomic E-state index is -0.859. The smallest absolute Gasteiger partial charge is 0.244 e. The summed E-state index contributed by atoms with van der Waals surface area (Å²) in [5, 5.41) is 14.7. The van der Waals surface area contributed by atoms with Gasteiger partial charge in [-0.25, -0.2) is 0 Å². The van der Waals surface area contributed by atoms with Crippen molar-refractivity contribution in [3.8, 4) is 0 Å². The van der Waals surface area contributed by atoms with Gasteiger partial charge >= 0.3 is 0 Å². The molecule has 1 fully saturated rings. The summed E-state index contributed by atoms with van der Waals surface area (Å²) in [6, 6.07) is 19.5. The molecule has 1 aliphatic rings. The molecule has 4 heteroatoms. The van der Waals surface area contributed by atoms with Crippen LogP contribution in [0.15, 0.2) is 60.7 Å². The van der Waals surface area contributed by atoms with Gasteiger partial charge in [0.2, 0.25) is 5.91 Å². The quantitative estimate of drug-likeness (QED) is 0.781. The molecular weight excluding hydrogens is 360 g/mol. The fourth-order valence-corrected chi connectivity index (χ4v) is 4.05. The summed E-state index contributed by atoms with van der Waals surface area (Å²) < 4.78 is 0. The first-order valence-corrected chi connectivity index (χ1v) is 10.3. The van der Waals surface area contributed by atoms with E-state index in [-0.39, 0.29) is 11.3 Å². The van der Waals surface area contributed by atoms with Crippen LogP contribution in [-0.4, -0.2) is 33.7 Å². The van der Waals surface area contributed by atoms with Crippen molar-refractivity contribution in [3.63, 3.8) is 0 Å². The number of aliphatic hydroxyl groups excluding tert-OH is 1. The fraction of sp³-hybridized carbons (Fsp3) is 0.440. The van der Waals surface area contributed by atoms with Crippen LogP contribution in [0.1, 0.15) is 45.7 Å². The molecule has 0 bridgehead atoms. The summed E-state index contributed by atoms with van der Waals surface area (Å²) in [4.78, 5) is 15.2. The summed E-state index contributed by atoms with van der Waals surface area (Å²) >= 11 is 0. The fourth-order valence-electron chi connectivity index (χ4n) is 4.05. The molecule has 1 saturated heterocycles. The van der Waals surface area contributed by atoms with Crippen molar-refractivity contribution in [2.75, 3.05) is 0 Å². The van der Waals surface area contributed by atoms with Gasteiger partial charge in [0.05, 0.1) is 11.8 Å². The molecule has 0 aromatic heterocycles. The number of aliphatic hydroxyl groups is 1. The van der Waals surface area contributed by atoms with Crippen LogP contribution in [0, 0.1) is 11.3 Å². The lowest BCUT2D eigenvalue weighted by atomic mass is 9.72. The van der Waals surface area contributed by atoms with Gasteiger partial charge in [-0.15, -0.1) is 0 Å². The van der Waals surface area contributed by atoms with Crippen molar-refractivity contribution in [3.05, 3.63) is 77.7 Å². The Labute approximate surface area is 174 Å². The predicted octanol–water partition coefficient (Wildman–Crippen LogP) is 3.95. The van der Waals surface area contributed by atoms with Crippen LogP contribution < -0.4 is 5.32 Å². The Morgan fingerprint density at radius 1 is 1.03 bits per heavy atom. The van der Waals surface area contributed by atoms with E-state index in [1.807, 2.05) is 67.3 Å². The molecular formula is C25H33N2O2. The highest BCUT2D eigenvalue weighted by atomic mass is 16.3. The maximum absolute atomic E-state index is 13.3. The summed E-state index contributed by atoms with van der Waals surface area (Å²) in [6.45, 7) is 10.8. The van der Waals surface area contributed by atoms with Gasteiger partial charge in [0.15, 0.2) is 0 Å². The normalized spacial score (nSPS) is 20.3. The van der Waals surface area contributed by atoms with Gasteiger partial charge in [0.1, 0.15) is 6.04 Å². The van der Waals surface area contributed by atoms with E-state index in [0.29, 0.717) is 13.0 Å². The van der Waals surface area contributed by atoms with Crippen LogP contribution in [0.4, 0.5) is 0 Å². The molecule has 2 atom stereocenters. The summed E-state index contributed by atoms with van der Waals surface area (Å²) in [5.41, 5.74) is 1.46. The van der Waals surface area contributed by atoms with Crippen molar-refractivity contribution < 1.29 is 9.90 Å². The van der Waals surface area contributed by atoms with E-state index in [1.54, 1.807) is 0 Å². The Kier molecular flexibility index (Phi) is 6.16. The highest BCUT2D eigenvalue weighted by Crippen LogP contribution is 2.37. The Morgan fingerprint density at radius 2 is 1.55 bits per heavy atom. The number of hydrogen-bond donors (Lipinski definition) is 2. The molecule has 0 aliphatic carbocycles. The van der Waals surface area contributed by atoms with Crippen LogP contribution >= 0.6 is 0 Å². The zero-order chi connectivity index (χ0) is 21.2. The Bertz CT molecular complexity index is 812. The molecule has 0 spiro atoms. The van der Waals surface area contributed by atoms with Crippen molar-refractivity contribution in [2.45, 2.75) is 65.4 Å². The zero-order valence-corrected chi connectivity index (χ0v) is 18.1. The van der Waals surface area contributed by atoms with Crippen molar-refractivity contribution in [1.29, 1.82) is 0 Å². The number of nitrogens with zero attached hydrogens (tertiary/aromatic N) is 1. The average molecular weight is 394 g/mol.